The minimum Gasteiger partial charge on any atom is -0.493 e. The molecule has 156 valence electrons. The Labute approximate surface area is 172 Å². The summed E-state index contributed by atoms with van der Waals surface area (Å²) in [4.78, 5) is 25.8. The quantitative estimate of drug-likeness (QED) is 0.668. The molecule has 0 atom stereocenters. The highest BCUT2D eigenvalue weighted by Crippen LogP contribution is 2.27. The van der Waals surface area contributed by atoms with Gasteiger partial charge in [-0.2, -0.15) is 0 Å². The van der Waals surface area contributed by atoms with E-state index in [0.29, 0.717) is 44.0 Å². The molecule has 0 unspecified atom stereocenters. The van der Waals surface area contributed by atoms with Crippen molar-refractivity contribution in [1.82, 2.24) is 10.2 Å². The first-order chi connectivity index (χ1) is 13.9. The van der Waals surface area contributed by atoms with E-state index < -0.39 is 0 Å². The molecule has 2 amide bonds. The molecule has 0 bridgehead atoms. The summed E-state index contributed by atoms with van der Waals surface area (Å²) in [7, 11) is 3.18. The molecule has 0 aliphatic rings. The molecule has 0 aromatic heterocycles. The number of methoxy groups -OCH3 is 2. The van der Waals surface area contributed by atoms with Crippen LogP contribution in [0.2, 0.25) is 0 Å². The number of ether oxygens (including phenoxy) is 2. The number of hydrogen-bond donors (Lipinski definition) is 1. The summed E-state index contributed by atoms with van der Waals surface area (Å²) in [5.41, 5.74) is 3.26. The van der Waals surface area contributed by atoms with Crippen molar-refractivity contribution in [3.63, 3.8) is 0 Å². The predicted octanol–water partition coefficient (Wildman–Crippen LogP) is 3.11. The Morgan fingerprint density at radius 3 is 2.24 bits per heavy atom. The van der Waals surface area contributed by atoms with Crippen LogP contribution in [0.4, 0.5) is 0 Å². The Balaban J connectivity index is 1.78. The molecule has 2 aromatic carbocycles. The molecule has 0 radical (unpaired) electrons. The zero-order valence-corrected chi connectivity index (χ0v) is 17.7. The van der Waals surface area contributed by atoms with Crippen molar-refractivity contribution in [1.29, 1.82) is 0 Å². The number of amides is 2. The van der Waals surface area contributed by atoms with E-state index in [1.165, 1.54) is 5.56 Å². The number of carbonyl (C=O) groups is 2. The zero-order chi connectivity index (χ0) is 21.2. The molecule has 1 N–H and O–H groups in total. The molecule has 0 heterocycles. The summed E-state index contributed by atoms with van der Waals surface area (Å²) >= 11 is 0. The topological polar surface area (TPSA) is 67.9 Å². The number of benzene rings is 2. The van der Waals surface area contributed by atoms with Crippen molar-refractivity contribution in [2.75, 3.05) is 27.3 Å². The van der Waals surface area contributed by atoms with E-state index in [2.05, 4.69) is 5.32 Å². The predicted molar refractivity (Wildman–Crippen MR) is 113 cm³/mol. The molecular weight excluding hydrogens is 368 g/mol. The van der Waals surface area contributed by atoms with Crippen LogP contribution in [0.5, 0.6) is 11.5 Å². The summed E-state index contributed by atoms with van der Waals surface area (Å²) in [5, 5.41) is 2.90. The lowest BCUT2D eigenvalue weighted by molar-refractivity contribution is -0.130. The maximum atomic E-state index is 12.2. The van der Waals surface area contributed by atoms with Crippen LogP contribution in [0.15, 0.2) is 42.5 Å². The third-order valence-electron chi connectivity index (χ3n) is 4.73. The molecule has 0 fully saturated rings. The van der Waals surface area contributed by atoms with Crippen LogP contribution in [0.3, 0.4) is 0 Å². The third kappa shape index (κ3) is 7.14. The monoisotopic (exact) mass is 398 g/mol. The van der Waals surface area contributed by atoms with Gasteiger partial charge in [0.1, 0.15) is 0 Å². The largest absolute Gasteiger partial charge is 0.493 e. The van der Waals surface area contributed by atoms with Crippen LogP contribution in [0.1, 0.15) is 30.0 Å². The van der Waals surface area contributed by atoms with Gasteiger partial charge in [-0.15, -0.1) is 0 Å². The van der Waals surface area contributed by atoms with Crippen LogP contribution >= 0.6 is 0 Å². The third-order valence-corrected chi connectivity index (χ3v) is 4.73. The minimum absolute atomic E-state index is 0.00912. The van der Waals surface area contributed by atoms with Crippen LogP contribution in [-0.2, 0) is 22.6 Å². The standard InChI is InChI=1S/C23H30N2O4/c1-17-5-7-20(8-6-17)16-25(18(2)26)14-13-24-23(27)12-10-19-9-11-21(28-3)22(15-19)29-4/h5-9,11,15H,10,12-14,16H2,1-4H3,(H,24,27). The fraction of sp³-hybridized carbons (Fsp3) is 0.391. The average molecular weight is 399 g/mol. The second-order valence-electron chi connectivity index (χ2n) is 6.97. The Hall–Kier alpha value is -3.02. The molecule has 2 rings (SSSR count). The van der Waals surface area contributed by atoms with Gasteiger partial charge in [0.15, 0.2) is 11.5 Å². The molecular formula is C23H30N2O4. The fourth-order valence-corrected chi connectivity index (χ4v) is 2.97. The second kappa shape index (κ2) is 11.1. The Morgan fingerprint density at radius 2 is 1.62 bits per heavy atom. The van der Waals surface area contributed by atoms with Crippen molar-refractivity contribution in [3.05, 3.63) is 59.2 Å². The normalized spacial score (nSPS) is 10.3. The number of aryl methyl sites for hydroxylation is 2. The maximum absolute atomic E-state index is 12.2. The van der Waals surface area contributed by atoms with E-state index >= 15 is 0 Å². The lowest BCUT2D eigenvalue weighted by atomic mass is 10.1. The van der Waals surface area contributed by atoms with E-state index in [0.717, 1.165) is 11.1 Å². The van der Waals surface area contributed by atoms with Crippen molar-refractivity contribution < 1.29 is 19.1 Å². The number of nitrogens with one attached hydrogen (secondary N) is 1. The SMILES string of the molecule is COc1ccc(CCC(=O)NCCN(Cc2ccc(C)cc2)C(C)=O)cc1OC. The fourth-order valence-electron chi connectivity index (χ4n) is 2.97. The van der Waals surface area contributed by atoms with Crippen LogP contribution in [0.25, 0.3) is 0 Å². The molecule has 0 saturated heterocycles. The van der Waals surface area contributed by atoms with Crippen molar-refractivity contribution in [3.8, 4) is 11.5 Å². The van der Waals surface area contributed by atoms with Gasteiger partial charge in [-0.3, -0.25) is 9.59 Å². The van der Waals surface area contributed by atoms with E-state index in [1.807, 2.05) is 49.4 Å². The molecule has 6 nitrogen and oxygen atoms in total. The number of carbonyl (C=O) groups excluding carboxylic acids is 2. The van der Waals surface area contributed by atoms with Gasteiger partial charge in [0.05, 0.1) is 14.2 Å². The van der Waals surface area contributed by atoms with E-state index in [4.69, 9.17) is 9.47 Å². The molecule has 0 aliphatic heterocycles. The van der Waals surface area contributed by atoms with Gasteiger partial charge in [-0.05, 0) is 36.6 Å². The number of hydrogen-bond acceptors (Lipinski definition) is 4. The van der Waals surface area contributed by atoms with Crippen molar-refractivity contribution in [2.24, 2.45) is 0 Å². The Morgan fingerprint density at radius 1 is 0.966 bits per heavy atom. The molecule has 2 aromatic rings. The number of rotatable bonds is 10. The van der Waals surface area contributed by atoms with Crippen LogP contribution < -0.4 is 14.8 Å². The van der Waals surface area contributed by atoms with Gasteiger partial charge in [-0.1, -0.05) is 35.9 Å². The first-order valence-corrected chi connectivity index (χ1v) is 9.71. The Bertz CT molecular complexity index is 818. The van der Waals surface area contributed by atoms with Gasteiger partial charge in [0.2, 0.25) is 11.8 Å². The summed E-state index contributed by atoms with van der Waals surface area (Å²) in [5.74, 6) is 1.26. The van der Waals surface area contributed by atoms with Gasteiger partial charge in [0.25, 0.3) is 0 Å². The zero-order valence-electron chi connectivity index (χ0n) is 17.7. The first kappa shape index (κ1) is 22.3. The smallest absolute Gasteiger partial charge is 0.220 e. The van der Waals surface area contributed by atoms with Crippen molar-refractivity contribution >= 4 is 11.8 Å². The number of nitrogens with zero attached hydrogens (tertiary/aromatic N) is 1. The summed E-state index contributed by atoms with van der Waals surface area (Å²) in [6, 6.07) is 13.7. The molecule has 0 aliphatic carbocycles. The van der Waals surface area contributed by atoms with E-state index in [-0.39, 0.29) is 11.8 Å². The lowest BCUT2D eigenvalue weighted by Gasteiger charge is -2.21. The Kier molecular flexibility index (Phi) is 8.52. The lowest BCUT2D eigenvalue weighted by Crippen LogP contribution is -2.37. The minimum atomic E-state index is -0.0429. The van der Waals surface area contributed by atoms with Crippen LogP contribution in [-0.4, -0.2) is 44.0 Å². The van der Waals surface area contributed by atoms with Crippen LogP contribution in [0, 0.1) is 6.92 Å². The highest BCUT2D eigenvalue weighted by Gasteiger charge is 2.11. The average Bonchev–Trinajstić information content (AvgIpc) is 2.72. The molecule has 0 spiro atoms. The van der Waals surface area contributed by atoms with E-state index in [1.54, 1.807) is 26.0 Å². The summed E-state index contributed by atoms with van der Waals surface area (Å²) in [6.07, 6.45) is 0.972. The van der Waals surface area contributed by atoms with Gasteiger partial charge >= 0.3 is 0 Å². The molecule has 0 saturated carbocycles. The summed E-state index contributed by atoms with van der Waals surface area (Å²) in [6.45, 7) is 5.02. The van der Waals surface area contributed by atoms with Gasteiger partial charge in [0, 0.05) is 33.0 Å². The molecule has 6 heteroatoms. The van der Waals surface area contributed by atoms with Gasteiger partial charge in [-0.25, -0.2) is 0 Å². The van der Waals surface area contributed by atoms with E-state index in [9.17, 15) is 9.59 Å². The highest BCUT2D eigenvalue weighted by molar-refractivity contribution is 5.76. The molecule has 29 heavy (non-hydrogen) atoms. The highest BCUT2D eigenvalue weighted by atomic mass is 16.5. The maximum Gasteiger partial charge on any atom is 0.220 e. The van der Waals surface area contributed by atoms with Crippen molar-refractivity contribution in [2.45, 2.75) is 33.2 Å². The summed E-state index contributed by atoms with van der Waals surface area (Å²) < 4.78 is 10.5. The van der Waals surface area contributed by atoms with Gasteiger partial charge < -0.3 is 19.7 Å². The second-order valence-corrected chi connectivity index (χ2v) is 6.97. The first-order valence-electron chi connectivity index (χ1n) is 9.71.